The number of hydrogen-bond acceptors (Lipinski definition) is 3. The topological polar surface area (TPSA) is 64.3 Å². The van der Waals surface area contributed by atoms with Crippen LogP contribution in [0.4, 0.5) is 0 Å². The fraction of sp³-hybridized carbons (Fsp3) is 0.400. The van der Waals surface area contributed by atoms with E-state index in [1.54, 1.807) is 7.11 Å². The Labute approximate surface area is 113 Å². The molecule has 0 saturated carbocycles. The highest BCUT2D eigenvalue weighted by Crippen LogP contribution is 2.20. The predicted octanol–water partition coefficient (Wildman–Crippen LogP) is 1.78. The van der Waals surface area contributed by atoms with Crippen molar-refractivity contribution in [1.82, 2.24) is 5.32 Å². The largest absolute Gasteiger partial charge is 0.497 e. The van der Waals surface area contributed by atoms with Crippen LogP contribution in [0.2, 0.25) is 0 Å². The third kappa shape index (κ3) is 3.35. The summed E-state index contributed by atoms with van der Waals surface area (Å²) in [5.41, 5.74) is 6.81. The molecule has 0 spiro atoms. The number of hydrogen-bond donors (Lipinski definition) is 2. The summed E-state index contributed by atoms with van der Waals surface area (Å²) in [5.74, 6) is 0.746. The van der Waals surface area contributed by atoms with Gasteiger partial charge in [0.05, 0.1) is 19.1 Å². The van der Waals surface area contributed by atoms with Gasteiger partial charge in [0.15, 0.2) is 0 Å². The summed E-state index contributed by atoms with van der Waals surface area (Å²) < 4.78 is 5.11. The molecule has 0 aromatic heterocycles. The monoisotopic (exact) mass is 260 g/mol. The molecule has 3 N–H and O–H groups in total. The van der Waals surface area contributed by atoms with Gasteiger partial charge in [-0.15, -0.1) is 0 Å². The average molecular weight is 260 g/mol. The lowest BCUT2D eigenvalue weighted by molar-refractivity contribution is -0.124. The van der Waals surface area contributed by atoms with Gasteiger partial charge < -0.3 is 15.8 Å². The van der Waals surface area contributed by atoms with Gasteiger partial charge in [-0.3, -0.25) is 4.79 Å². The van der Waals surface area contributed by atoms with Crippen LogP contribution in [0, 0.1) is 5.92 Å². The minimum Gasteiger partial charge on any atom is -0.497 e. The maximum atomic E-state index is 12.1. The summed E-state index contributed by atoms with van der Waals surface area (Å²) in [6.07, 6.45) is 4.48. The van der Waals surface area contributed by atoms with Crippen LogP contribution in [0.3, 0.4) is 0 Å². The summed E-state index contributed by atoms with van der Waals surface area (Å²) in [4.78, 5) is 12.1. The van der Waals surface area contributed by atoms with Crippen LogP contribution in [0.1, 0.15) is 24.9 Å². The number of rotatable bonds is 4. The van der Waals surface area contributed by atoms with Gasteiger partial charge in [0.2, 0.25) is 5.91 Å². The normalized spacial score (nSPS) is 23.1. The summed E-state index contributed by atoms with van der Waals surface area (Å²) in [7, 11) is 1.63. The zero-order chi connectivity index (χ0) is 13.8. The first kappa shape index (κ1) is 13.6. The molecule has 0 fully saturated rings. The SMILES string of the molecule is COc1ccc([C@@H](C)NC(=O)C2C=CC(N)C2)cc1. The lowest BCUT2D eigenvalue weighted by Gasteiger charge is -2.17. The van der Waals surface area contributed by atoms with Crippen LogP contribution >= 0.6 is 0 Å². The first-order valence-corrected chi connectivity index (χ1v) is 6.48. The molecule has 1 aromatic carbocycles. The first-order valence-electron chi connectivity index (χ1n) is 6.48. The maximum absolute atomic E-state index is 12.1. The van der Waals surface area contributed by atoms with Crippen LogP contribution in [0.15, 0.2) is 36.4 Å². The molecule has 4 nitrogen and oxygen atoms in total. The Hall–Kier alpha value is -1.81. The zero-order valence-corrected chi connectivity index (χ0v) is 11.3. The van der Waals surface area contributed by atoms with E-state index in [1.807, 2.05) is 43.3 Å². The first-order chi connectivity index (χ1) is 9.10. The Kier molecular flexibility index (Phi) is 4.22. The van der Waals surface area contributed by atoms with Crippen molar-refractivity contribution in [2.45, 2.75) is 25.4 Å². The van der Waals surface area contributed by atoms with E-state index in [1.165, 1.54) is 0 Å². The highest BCUT2D eigenvalue weighted by Gasteiger charge is 2.23. The molecule has 0 heterocycles. The van der Waals surface area contributed by atoms with Gasteiger partial charge in [-0.05, 0) is 31.0 Å². The van der Waals surface area contributed by atoms with E-state index in [9.17, 15) is 4.79 Å². The summed E-state index contributed by atoms with van der Waals surface area (Å²) in [5, 5.41) is 3.01. The van der Waals surface area contributed by atoms with Gasteiger partial charge in [-0.2, -0.15) is 0 Å². The van der Waals surface area contributed by atoms with E-state index in [-0.39, 0.29) is 23.9 Å². The lowest BCUT2D eigenvalue weighted by atomic mass is 10.0. The molecule has 19 heavy (non-hydrogen) atoms. The Morgan fingerprint density at radius 1 is 1.37 bits per heavy atom. The second-order valence-corrected chi connectivity index (χ2v) is 4.89. The molecular weight excluding hydrogens is 240 g/mol. The number of carbonyl (C=O) groups is 1. The molecular formula is C15H20N2O2. The number of amides is 1. The summed E-state index contributed by atoms with van der Waals surface area (Å²) in [6, 6.07) is 7.68. The third-order valence-electron chi connectivity index (χ3n) is 3.43. The molecule has 1 aromatic rings. The number of carbonyl (C=O) groups excluding carboxylic acids is 1. The maximum Gasteiger partial charge on any atom is 0.227 e. The number of nitrogens with two attached hydrogens (primary N) is 1. The number of benzene rings is 1. The quantitative estimate of drug-likeness (QED) is 0.811. The molecule has 4 heteroatoms. The minimum atomic E-state index is -0.101. The number of nitrogens with one attached hydrogen (secondary N) is 1. The molecule has 0 saturated heterocycles. The Morgan fingerprint density at radius 3 is 2.58 bits per heavy atom. The molecule has 0 aliphatic heterocycles. The second kappa shape index (κ2) is 5.89. The highest BCUT2D eigenvalue weighted by atomic mass is 16.5. The van der Waals surface area contributed by atoms with Gasteiger partial charge in [0, 0.05) is 6.04 Å². The zero-order valence-electron chi connectivity index (χ0n) is 11.3. The number of ether oxygens (including phenoxy) is 1. The molecule has 102 valence electrons. The highest BCUT2D eigenvalue weighted by molar-refractivity contribution is 5.81. The smallest absolute Gasteiger partial charge is 0.227 e. The van der Waals surface area contributed by atoms with Crippen LogP contribution in [-0.4, -0.2) is 19.1 Å². The van der Waals surface area contributed by atoms with E-state index in [0.29, 0.717) is 6.42 Å². The Bertz CT molecular complexity index is 468. The predicted molar refractivity (Wildman–Crippen MR) is 74.8 cm³/mol. The molecule has 1 aliphatic carbocycles. The molecule has 0 bridgehead atoms. The fourth-order valence-corrected chi connectivity index (χ4v) is 2.22. The van der Waals surface area contributed by atoms with Crippen molar-refractivity contribution in [3.05, 3.63) is 42.0 Å². The molecule has 2 rings (SSSR count). The molecule has 3 atom stereocenters. The van der Waals surface area contributed by atoms with Crippen LogP contribution in [-0.2, 0) is 4.79 Å². The van der Waals surface area contributed by atoms with E-state index in [4.69, 9.17) is 10.5 Å². The van der Waals surface area contributed by atoms with E-state index in [2.05, 4.69) is 5.32 Å². The number of methoxy groups -OCH3 is 1. The third-order valence-corrected chi connectivity index (χ3v) is 3.43. The van der Waals surface area contributed by atoms with Crippen molar-refractivity contribution < 1.29 is 9.53 Å². The van der Waals surface area contributed by atoms with E-state index < -0.39 is 0 Å². The van der Waals surface area contributed by atoms with Crippen molar-refractivity contribution in [2.24, 2.45) is 11.7 Å². The van der Waals surface area contributed by atoms with Gasteiger partial charge in [-0.1, -0.05) is 24.3 Å². The van der Waals surface area contributed by atoms with Gasteiger partial charge >= 0.3 is 0 Å². The van der Waals surface area contributed by atoms with E-state index >= 15 is 0 Å². The second-order valence-electron chi connectivity index (χ2n) is 4.89. The average Bonchev–Trinajstić information content (AvgIpc) is 2.85. The van der Waals surface area contributed by atoms with Crippen LogP contribution in [0.25, 0.3) is 0 Å². The summed E-state index contributed by atoms with van der Waals surface area (Å²) >= 11 is 0. The van der Waals surface area contributed by atoms with Crippen molar-refractivity contribution in [2.75, 3.05) is 7.11 Å². The lowest BCUT2D eigenvalue weighted by Crippen LogP contribution is -2.32. The van der Waals surface area contributed by atoms with E-state index in [0.717, 1.165) is 11.3 Å². The van der Waals surface area contributed by atoms with Crippen molar-refractivity contribution in [3.63, 3.8) is 0 Å². The molecule has 2 unspecified atom stereocenters. The van der Waals surface area contributed by atoms with Crippen LogP contribution < -0.4 is 15.8 Å². The molecule has 0 radical (unpaired) electrons. The van der Waals surface area contributed by atoms with Crippen molar-refractivity contribution >= 4 is 5.91 Å². The Morgan fingerprint density at radius 2 is 2.05 bits per heavy atom. The molecule has 1 amide bonds. The van der Waals surface area contributed by atoms with Crippen LogP contribution in [0.5, 0.6) is 5.75 Å². The van der Waals surface area contributed by atoms with Gasteiger partial charge in [0.25, 0.3) is 0 Å². The standard InChI is InChI=1S/C15H20N2O2/c1-10(11-4-7-14(19-2)8-5-11)17-15(18)12-3-6-13(16)9-12/h3-8,10,12-13H,9,16H2,1-2H3,(H,17,18)/t10-,12?,13?/m1/s1. The fourth-order valence-electron chi connectivity index (χ4n) is 2.22. The van der Waals surface area contributed by atoms with Crippen molar-refractivity contribution in [1.29, 1.82) is 0 Å². The van der Waals surface area contributed by atoms with Crippen molar-refractivity contribution in [3.8, 4) is 5.75 Å². The summed E-state index contributed by atoms with van der Waals surface area (Å²) in [6.45, 7) is 1.97. The molecule has 1 aliphatic rings. The minimum absolute atomic E-state index is 0.00652. The Balaban J connectivity index is 1.94. The van der Waals surface area contributed by atoms with Gasteiger partial charge in [-0.25, -0.2) is 0 Å². The van der Waals surface area contributed by atoms with Gasteiger partial charge in [0.1, 0.15) is 5.75 Å².